The minimum atomic E-state index is -2.82. The second-order valence-electron chi connectivity index (χ2n) is 5.35. The van der Waals surface area contributed by atoms with E-state index in [4.69, 9.17) is 25.0 Å². The first-order valence-corrected chi connectivity index (χ1v) is 7.65. The number of nitrogens with zero attached hydrogens (tertiary/aromatic N) is 1. The van der Waals surface area contributed by atoms with E-state index in [0.717, 1.165) is 12.3 Å². The predicted octanol–water partition coefficient (Wildman–Crippen LogP) is 3.82. The maximum absolute atomic E-state index is 13.1. The molecule has 1 aromatic carbocycles. The Kier molecular flexibility index (Phi) is 6.17. The lowest BCUT2D eigenvalue weighted by Crippen LogP contribution is -2.11. The number of rotatable bonds is 5. The van der Waals surface area contributed by atoms with E-state index in [1.165, 1.54) is 39.3 Å². The number of pyridine rings is 1. The molecule has 0 bridgehead atoms. The zero-order chi connectivity index (χ0) is 20.1. The molecule has 0 aliphatic rings. The van der Waals surface area contributed by atoms with Crippen LogP contribution in [0.5, 0.6) is 5.75 Å². The van der Waals surface area contributed by atoms with Crippen molar-refractivity contribution >= 4 is 17.8 Å². The molecule has 142 valence electrons. The standard InChI is InChI=1S/C18H17F2N3O4/c1-9(21)27-17(22)10-4-5-11(18(24)26-3)12(6-10)13-7-14(16(19)20)23-8-15(13)25-2/h4-8,16,21-22H,1-3H3. The monoisotopic (exact) mass is 377 g/mol. The average Bonchev–Trinajstić information content (AvgIpc) is 2.65. The van der Waals surface area contributed by atoms with Crippen LogP contribution < -0.4 is 4.74 Å². The number of ether oxygens (including phenoxy) is 3. The number of alkyl halides is 2. The summed E-state index contributed by atoms with van der Waals surface area (Å²) in [4.78, 5) is 15.8. The summed E-state index contributed by atoms with van der Waals surface area (Å²) >= 11 is 0. The minimum Gasteiger partial charge on any atom is -0.494 e. The number of carbonyl (C=O) groups excluding carboxylic acids is 1. The predicted molar refractivity (Wildman–Crippen MR) is 93.8 cm³/mol. The molecule has 0 spiro atoms. The van der Waals surface area contributed by atoms with Crippen molar-refractivity contribution in [3.05, 3.63) is 47.3 Å². The molecule has 7 nitrogen and oxygen atoms in total. The van der Waals surface area contributed by atoms with Crippen molar-refractivity contribution in [2.45, 2.75) is 13.3 Å². The maximum atomic E-state index is 13.1. The van der Waals surface area contributed by atoms with Gasteiger partial charge in [0.15, 0.2) is 5.90 Å². The van der Waals surface area contributed by atoms with Gasteiger partial charge in [-0.2, -0.15) is 0 Å². The van der Waals surface area contributed by atoms with Gasteiger partial charge in [-0.25, -0.2) is 13.6 Å². The summed E-state index contributed by atoms with van der Waals surface area (Å²) in [6.07, 6.45) is -1.68. The summed E-state index contributed by atoms with van der Waals surface area (Å²) in [5, 5.41) is 15.2. The highest BCUT2D eigenvalue weighted by molar-refractivity contribution is 6.03. The number of carbonyl (C=O) groups is 1. The van der Waals surface area contributed by atoms with Crippen molar-refractivity contribution in [3.63, 3.8) is 0 Å². The number of hydrogen-bond acceptors (Lipinski definition) is 7. The van der Waals surface area contributed by atoms with Crippen LogP contribution in [0.1, 0.15) is 35.0 Å². The Hall–Kier alpha value is -3.36. The Labute approximate surface area is 153 Å². The normalized spacial score (nSPS) is 10.4. The van der Waals surface area contributed by atoms with Gasteiger partial charge in [-0.05, 0) is 24.3 Å². The lowest BCUT2D eigenvalue weighted by Gasteiger charge is -2.15. The molecule has 2 N–H and O–H groups in total. The molecule has 0 unspecified atom stereocenters. The largest absolute Gasteiger partial charge is 0.494 e. The molecule has 0 aliphatic heterocycles. The molecule has 1 heterocycles. The molecule has 0 atom stereocenters. The van der Waals surface area contributed by atoms with Crippen molar-refractivity contribution in [1.82, 2.24) is 4.98 Å². The SMILES string of the molecule is COC(=O)c1ccc(C(=N)OC(C)=N)cc1-c1cc(C(F)F)ncc1OC. The van der Waals surface area contributed by atoms with Gasteiger partial charge < -0.3 is 14.2 Å². The molecule has 2 aromatic rings. The molecule has 0 aliphatic carbocycles. The minimum absolute atomic E-state index is 0.0883. The number of nitrogens with one attached hydrogen (secondary N) is 2. The average molecular weight is 377 g/mol. The third-order valence-corrected chi connectivity index (χ3v) is 3.56. The molecule has 0 saturated carbocycles. The summed E-state index contributed by atoms with van der Waals surface area (Å²) in [5.41, 5.74) is 0.224. The Morgan fingerprint density at radius 2 is 1.85 bits per heavy atom. The third kappa shape index (κ3) is 4.43. The summed E-state index contributed by atoms with van der Waals surface area (Å²) < 4.78 is 41.1. The molecule has 0 fully saturated rings. The lowest BCUT2D eigenvalue weighted by atomic mass is 9.96. The van der Waals surface area contributed by atoms with Crippen molar-refractivity contribution in [2.24, 2.45) is 0 Å². The van der Waals surface area contributed by atoms with E-state index in [2.05, 4.69) is 4.98 Å². The fraction of sp³-hybridized carbons (Fsp3) is 0.222. The van der Waals surface area contributed by atoms with Crippen LogP contribution >= 0.6 is 0 Å². The summed E-state index contributed by atoms with van der Waals surface area (Å²) in [7, 11) is 2.53. The van der Waals surface area contributed by atoms with Gasteiger partial charge in [0.1, 0.15) is 11.4 Å². The number of hydrogen-bond donors (Lipinski definition) is 2. The Bertz CT molecular complexity index is 900. The molecule has 1 aromatic heterocycles. The van der Waals surface area contributed by atoms with Gasteiger partial charge in [-0.1, -0.05) is 0 Å². The first-order valence-electron chi connectivity index (χ1n) is 7.65. The molecule has 0 saturated heterocycles. The van der Waals surface area contributed by atoms with E-state index in [0.29, 0.717) is 0 Å². The maximum Gasteiger partial charge on any atom is 0.338 e. The van der Waals surface area contributed by atoms with E-state index < -0.39 is 18.1 Å². The van der Waals surface area contributed by atoms with Crippen molar-refractivity contribution in [3.8, 4) is 16.9 Å². The highest BCUT2D eigenvalue weighted by Crippen LogP contribution is 2.35. The number of halogens is 2. The summed E-state index contributed by atoms with van der Waals surface area (Å²) in [6.45, 7) is 1.36. The van der Waals surface area contributed by atoms with Crippen LogP contribution in [0.2, 0.25) is 0 Å². The van der Waals surface area contributed by atoms with Crippen LogP contribution in [0.15, 0.2) is 30.5 Å². The number of aromatic nitrogens is 1. The van der Waals surface area contributed by atoms with Gasteiger partial charge >= 0.3 is 5.97 Å². The van der Waals surface area contributed by atoms with E-state index in [-0.39, 0.29) is 39.8 Å². The van der Waals surface area contributed by atoms with Crippen molar-refractivity contribution < 1.29 is 27.8 Å². The highest BCUT2D eigenvalue weighted by Gasteiger charge is 2.21. The molecular weight excluding hydrogens is 360 g/mol. The fourth-order valence-corrected chi connectivity index (χ4v) is 2.36. The Balaban J connectivity index is 2.71. The molecule has 9 heteroatoms. The van der Waals surface area contributed by atoms with Crippen molar-refractivity contribution in [2.75, 3.05) is 14.2 Å². The van der Waals surface area contributed by atoms with Crippen LogP contribution in [-0.4, -0.2) is 37.0 Å². The fourth-order valence-electron chi connectivity index (χ4n) is 2.36. The zero-order valence-corrected chi connectivity index (χ0v) is 14.8. The van der Waals surface area contributed by atoms with Gasteiger partial charge in [-0.15, -0.1) is 0 Å². The zero-order valence-electron chi connectivity index (χ0n) is 14.8. The third-order valence-electron chi connectivity index (χ3n) is 3.56. The first kappa shape index (κ1) is 20.0. The smallest absolute Gasteiger partial charge is 0.338 e. The second-order valence-corrected chi connectivity index (χ2v) is 5.35. The van der Waals surface area contributed by atoms with Gasteiger partial charge in [0.05, 0.1) is 26.0 Å². The van der Waals surface area contributed by atoms with E-state index in [1.807, 2.05) is 0 Å². The lowest BCUT2D eigenvalue weighted by molar-refractivity contribution is 0.0601. The van der Waals surface area contributed by atoms with E-state index >= 15 is 0 Å². The Morgan fingerprint density at radius 3 is 2.41 bits per heavy atom. The second kappa shape index (κ2) is 8.35. The van der Waals surface area contributed by atoms with Crippen LogP contribution in [0, 0.1) is 10.8 Å². The quantitative estimate of drug-likeness (QED) is 0.468. The first-order chi connectivity index (χ1) is 12.8. The van der Waals surface area contributed by atoms with Gasteiger partial charge in [0.2, 0.25) is 5.90 Å². The highest BCUT2D eigenvalue weighted by atomic mass is 19.3. The summed E-state index contributed by atoms with van der Waals surface area (Å²) in [6, 6.07) is 5.34. The van der Waals surface area contributed by atoms with Gasteiger partial charge in [0.25, 0.3) is 6.43 Å². The van der Waals surface area contributed by atoms with Gasteiger partial charge in [-0.3, -0.25) is 15.8 Å². The number of methoxy groups -OCH3 is 2. The van der Waals surface area contributed by atoms with Crippen LogP contribution in [0.3, 0.4) is 0 Å². The van der Waals surface area contributed by atoms with Crippen LogP contribution in [-0.2, 0) is 9.47 Å². The molecule has 27 heavy (non-hydrogen) atoms. The van der Waals surface area contributed by atoms with E-state index in [1.54, 1.807) is 0 Å². The topological polar surface area (TPSA) is 105 Å². The number of benzene rings is 1. The number of esters is 1. The molecular formula is C18H17F2N3O4. The Morgan fingerprint density at radius 1 is 1.15 bits per heavy atom. The molecule has 0 amide bonds. The van der Waals surface area contributed by atoms with Gasteiger partial charge in [0, 0.05) is 23.6 Å². The molecule has 2 rings (SSSR count). The van der Waals surface area contributed by atoms with Crippen LogP contribution in [0.25, 0.3) is 11.1 Å². The summed E-state index contributed by atoms with van der Waals surface area (Å²) in [5.74, 6) is -1.05. The molecule has 0 radical (unpaired) electrons. The van der Waals surface area contributed by atoms with E-state index in [9.17, 15) is 13.6 Å². The van der Waals surface area contributed by atoms with Crippen molar-refractivity contribution in [1.29, 1.82) is 10.8 Å². The van der Waals surface area contributed by atoms with Crippen LogP contribution in [0.4, 0.5) is 8.78 Å².